The second-order valence-electron chi connectivity index (χ2n) is 8.69. The van der Waals surface area contributed by atoms with Crippen LogP contribution in [0.1, 0.15) is 29.5 Å². The van der Waals surface area contributed by atoms with Crippen LogP contribution in [0.4, 0.5) is 5.69 Å². The van der Waals surface area contributed by atoms with Crippen molar-refractivity contribution in [2.75, 3.05) is 39.0 Å². The minimum absolute atomic E-state index is 0.0769. The normalized spacial score (nSPS) is 16.1. The topological polar surface area (TPSA) is 87.5 Å². The van der Waals surface area contributed by atoms with E-state index >= 15 is 0 Å². The lowest BCUT2D eigenvalue weighted by atomic mass is 9.97. The lowest BCUT2D eigenvalue weighted by molar-refractivity contribution is -0.120. The van der Waals surface area contributed by atoms with Crippen molar-refractivity contribution in [1.29, 1.82) is 0 Å². The highest BCUT2D eigenvalue weighted by Crippen LogP contribution is 2.29. The molecule has 2 heterocycles. The van der Waals surface area contributed by atoms with Gasteiger partial charge in [-0.25, -0.2) is 8.42 Å². The number of anilines is 1. The number of carbonyl (C=O) groups is 1. The average Bonchev–Trinajstić information content (AvgIpc) is 3.12. The zero-order valence-corrected chi connectivity index (χ0v) is 19.9. The quantitative estimate of drug-likeness (QED) is 0.704. The number of likely N-dealkylation sites (N-methyl/N-ethyl adjacent to an activating group) is 1. The third-order valence-corrected chi connectivity index (χ3v) is 7.91. The monoisotopic (exact) mass is 447 g/mol. The van der Waals surface area contributed by atoms with Crippen LogP contribution in [-0.4, -0.2) is 67.0 Å². The molecule has 8 nitrogen and oxygen atoms in total. The van der Waals surface area contributed by atoms with E-state index in [0.717, 1.165) is 29.8 Å². The fourth-order valence-electron chi connectivity index (χ4n) is 4.16. The first-order valence-electron chi connectivity index (χ1n) is 10.6. The van der Waals surface area contributed by atoms with E-state index in [1.807, 2.05) is 53.2 Å². The van der Waals surface area contributed by atoms with Crippen LogP contribution in [0, 0.1) is 26.7 Å². The highest BCUT2D eigenvalue weighted by Gasteiger charge is 2.33. The minimum Gasteiger partial charge on any atom is -0.323 e. The molecule has 0 atom stereocenters. The Bertz CT molecular complexity index is 1010. The average molecular weight is 448 g/mol. The zero-order valence-electron chi connectivity index (χ0n) is 19.1. The number of nitrogens with zero attached hydrogens (tertiary/aromatic N) is 4. The summed E-state index contributed by atoms with van der Waals surface area (Å²) in [4.78, 5) is 15.2. The van der Waals surface area contributed by atoms with E-state index in [0.29, 0.717) is 36.5 Å². The molecule has 1 N–H and O–H groups in total. The predicted octanol–water partition coefficient (Wildman–Crippen LogP) is 2.41. The van der Waals surface area contributed by atoms with Gasteiger partial charge >= 0.3 is 0 Å². The molecule has 31 heavy (non-hydrogen) atoms. The summed E-state index contributed by atoms with van der Waals surface area (Å²) in [6.07, 6.45) is 4.48. The number of carbonyl (C=O) groups excluding carboxylic acids is 1. The number of aryl methyl sites for hydroxylation is 3. The van der Waals surface area contributed by atoms with Gasteiger partial charge in [-0.3, -0.25) is 9.48 Å². The second kappa shape index (κ2) is 9.50. The Morgan fingerprint density at radius 1 is 1.16 bits per heavy atom. The van der Waals surface area contributed by atoms with Crippen LogP contribution >= 0.6 is 0 Å². The van der Waals surface area contributed by atoms with Gasteiger partial charge in [0.05, 0.1) is 23.3 Å². The van der Waals surface area contributed by atoms with Gasteiger partial charge in [-0.2, -0.15) is 9.40 Å². The highest BCUT2D eigenvalue weighted by atomic mass is 32.2. The van der Waals surface area contributed by atoms with Crippen LogP contribution in [0.5, 0.6) is 0 Å². The van der Waals surface area contributed by atoms with Gasteiger partial charge in [0.25, 0.3) is 0 Å². The van der Waals surface area contributed by atoms with Crippen LogP contribution in [0.25, 0.3) is 0 Å². The van der Waals surface area contributed by atoms with E-state index in [2.05, 4.69) is 15.3 Å². The summed E-state index contributed by atoms with van der Waals surface area (Å²) < 4.78 is 29.8. The molecule has 9 heteroatoms. The second-order valence-corrected chi connectivity index (χ2v) is 10.6. The molecule has 1 saturated heterocycles. The maximum Gasteiger partial charge on any atom is 0.243 e. The SMILES string of the molecule is Cc1cc(C)c(S(=O)(=O)N2CCC(C(=O)Nc3cnn(CCN(C)C)c3)CC2)c(C)c1. The smallest absolute Gasteiger partial charge is 0.243 e. The van der Waals surface area contributed by atoms with Crippen LogP contribution in [0.15, 0.2) is 29.4 Å². The van der Waals surface area contributed by atoms with E-state index in [4.69, 9.17) is 0 Å². The summed E-state index contributed by atoms with van der Waals surface area (Å²) in [5.74, 6) is -0.288. The van der Waals surface area contributed by atoms with Gasteiger partial charge in [0.15, 0.2) is 0 Å². The standard InChI is InChI=1S/C22H33N5O3S/c1-16-12-17(2)21(18(3)13-16)31(29,30)27-8-6-19(7-9-27)22(28)24-20-14-23-26(15-20)11-10-25(4)5/h12-15,19H,6-11H2,1-5H3,(H,24,28). The number of hydrogen-bond acceptors (Lipinski definition) is 5. The van der Waals surface area contributed by atoms with E-state index in [-0.39, 0.29) is 11.8 Å². The van der Waals surface area contributed by atoms with Gasteiger partial charge in [-0.15, -0.1) is 0 Å². The lowest BCUT2D eigenvalue weighted by Gasteiger charge is -2.31. The van der Waals surface area contributed by atoms with Gasteiger partial charge in [0.1, 0.15) is 0 Å². The minimum atomic E-state index is -3.57. The van der Waals surface area contributed by atoms with Crippen molar-refractivity contribution in [3.63, 3.8) is 0 Å². The lowest BCUT2D eigenvalue weighted by Crippen LogP contribution is -2.41. The maximum absolute atomic E-state index is 13.2. The summed E-state index contributed by atoms with van der Waals surface area (Å²) in [5.41, 5.74) is 3.26. The highest BCUT2D eigenvalue weighted by molar-refractivity contribution is 7.89. The van der Waals surface area contributed by atoms with E-state index < -0.39 is 10.0 Å². The van der Waals surface area contributed by atoms with Gasteiger partial charge < -0.3 is 10.2 Å². The van der Waals surface area contributed by atoms with Gasteiger partial charge in [-0.1, -0.05) is 17.7 Å². The van der Waals surface area contributed by atoms with Crippen molar-refractivity contribution < 1.29 is 13.2 Å². The molecule has 1 amide bonds. The number of piperidine rings is 1. The van der Waals surface area contributed by atoms with Crippen LogP contribution < -0.4 is 5.32 Å². The molecule has 1 aromatic carbocycles. The summed E-state index contributed by atoms with van der Waals surface area (Å²) >= 11 is 0. The van der Waals surface area contributed by atoms with Crippen molar-refractivity contribution >= 4 is 21.6 Å². The molecule has 1 fully saturated rings. The summed E-state index contributed by atoms with van der Waals surface area (Å²) in [5, 5.41) is 7.20. The molecular weight excluding hydrogens is 414 g/mol. The number of sulfonamides is 1. The number of amides is 1. The van der Waals surface area contributed by atoms with E-state index in [1.165, 1.54) is 4.31 Å². The molecule has 0 radical (unpaired) electrons. The van der Waals surface area contributed by atoms with Gasteiger partial charge in [0.2, 0.25) is 15.9 Å². The Balaban J connectivity index is 1.60. The molecule has 0 unspecified atom stereocenters. The van der Waals surface area contributed by atoms with Crippen molar-refractivity contribution in [3.05, 3.63) is 41.2 Å². The number of nitrogens with one attached hydrogen (secondary N) is 1. The zero-order chi connectivity index (χ0) is 22.8. The van der Waals surface area contributed by atoms with Gasteiger partial charge in [0, 0.05) is 31.7 Å². The van der Waals surface area contributed by atoms with Crippen molar-refractivity contribution in [1.82, 2.24) is 19.0 Å². The van der Waals surface area contributed by atoms with Gasteiger partial charge in [-0.05, 0) is 58.8 Å². The Morgan fingerprint density at radius 2 is 1.77 bits per heavy atom. The molecule has 0 aliphatic carbocycles. The molecule has 2 aromatic rings. The third-order valence-electron chi connectivity index (χ3n) is 5.70. The summed E-state index contributed by atoms with van der Waals surface area (Å²) in [6, 6.07) is 3.80. The van der Waals surface area contributed by atoms with Crippen LogP contribution in [0.3, 0.4) is 0 Å². The number of rotatable bonds is 7. The fourth-order valence-corrected chi connectivity index (χ4v) is 6.04. The van der Waals surface area contributed by atoms with E-state index in [9.17, 15) is 13.2 Å². The molecule has 1 aliphatic rings. The molecule has 170 valence electrons. The van der Waals surface area contributed by atoms with Crippen molar-refractivity contribution in [2.24, 2.45) is 5.92 Å². The Labute approximate surface area is 185 Å². The Morgan fingerprint density at radius 3 is 2.35 bits per heavy atom. The van der Waals surface area contributed by atoms with Crippen molar-refractivity contribution in [3.8, 4) is 0 Å². The first-order valence-corrected chi connectivity index (χ1v) is 12.1. The first kappa shape index (κ1) is 23.4. The largest absolute Gasteiger partial charge is 0.323 e. The maximum atomic E-state index is 13.2. The number of benzene rings is 1. The molecule has 1 aliphatic heterocycles. The summed E-state index contributed by atoms with van der Waals surface area (Å²) in [7, 11) is 0.427. The number of aromatic nitrogens is 2. The van der Waals surface area contributed by atoms with Crippen LogP contribution in [0.2, 0.25) is 0 Å². The molecule has 1 aromatic heterocycles. The third kappa shape index (κ3) is 5.53. The van der Waals surface area contributed by atoms with E-state index in [1.54, 1.807) is 10.9 Å². The number of hydrogen-bond donors (Lipinski definition) is 1. The molecule has 0 spiro atoms. The van der Waals surface area contributed by atoms with Crippen molar-refractivity contribution in [2.45, 2.75) is 45.1 Å². The summed E-state index contributed by atoms with van der Waals surface area (Å²) in [6.45, 7) is 7.94. The van der Waals surface area contributed by atoms with Crippen LogP contribution in [-0.2, 0) is 21.4 Å². The Kier molecular flexibility index (Phi) is 7.18. The molecule has 0 bridgehead atoms. The first-order chi connectivity index (χ1) is 14.6. The Hall–Kier alpha value is -2.23. The fraction of sp³-hybridized carbons (Fsp3) is 0.545. The molecular formula is C22H33N5O3S. The molecule has 3 rings (SSSR count). The molecule has 0 saturated carbocycles. The predicted molar refractivity (Wildman–Crippen MR) is 122 cm³/mol.